The van der Waals surface area contributed by atoms with Gasteiger partial charge in [0.1, 0.15) is 12.3 Å². The molecule has 2 heterocycles. The Morgan fingerprint density at radius 3 is 2.56 bits per heavy atom. The van der Waals surface area contributed by atoms with Gasteiger partial charge in [-0.1, -0.05) is 48.0 Å². The number of halogens is 1. The number of aryl methyl sites for hydroxylation is 1. The molecule has 0 aliphatic carbocycles. The zero-order chi connectivity index (χ0) is 30.8. The SMILES string of the molecule is COC(=O)Cc1ccc(CS(=O)(=O)NC(CCc2cccc[nH+]2)C2OC2NCC(=O)NCc2cc(Cl)ccc2CN)cc1. The van der Waals surface area contributed by atoms with E-state index in [0.29, 0.717) is 30.0 Å². The lowest BCUT2D eigenvalue weighted by Gasteiger charge is -2.17. The van der Waals surface area contributed by atoms with Crippen molar-refractivity contribution in [1.29, 1.82) is 0 Å². The standard InChI is InChI=1S/C30H36ClN5O6S/c1-41-28(38)14-20-5-7-21(8-6-20)19-43(39,40)36-26(12-11-25-4-2-3-13-33-25)29-30(42-29)35-18-27(37)34-17-23-15-24(31)10-9-22(23)16-32/h2-10,13,15,26,29-30,35-36H,11-12,14,16-19,32H2,1H3,(H,34,37)/p+1. The first-order valence-electron chi connectivity index (χ1n) is 13.9. The number of hydrogen-bond acceptors (Lipinski definition) is 8. The second-order valence-corrected chi connectivity index (χ2v) is 12.5. The number of sulfonamides is 1. The Morgan fingerprint density at radius 2 is 1.86 bits per heavy atom. The molecule has 43 heavy (non-hydrogen) atoms. The Morgan fingerprint density at radius 1 is 1.09 bits per heavy atom. The van der Waals surface area contributed by atoms with Crippen molar-refractivity contribution in [3.05, 3.63) is 99.8 Å². The van der Waals surface area contributed by atoms with Gasteiger partial charge in [-0.25, -0.2) is 18.1 Å². The summed E-state index contributed by atoms with van der Waals surface area (Å²) in [6.07, 6.45) is 2.05. The molecule has 0 spiro atoms. The van der Waals surface area contributed by atoms with Crippen LogP contribution in [0, 0.1) is 0 Å². The van der Waals surface area contributed by atoms with E-state index < -0.39 is 28.4 Å². The largest absolute Gasteiger partial charge is 0.469 e. The van der Waals surface area contributed by atoms with Crippen LogP contribution in [0.4, 0.5) is 0 Å². The van der Waals surface area contributed by atoms with Gasteiger partial charge in [0.25, 0.3) is 0 Å². The molecule has 6 N–H and O–H groups in total. The summed E-state index contributed by atoms with van der Waals surface area (Å²) in [6, 6.07) is 17.3. The highest BCUT2D eigenvalue weighted by atomic mass is 35.5. The normalized spacial score (nSPS) is 16.8. The fraction of sp³-hybridized carbons (Fsp3) is 0.367. The number of H-pyrrole nitrogens is 1. The molecular weight excluding hydrogens is 594 g/mol. The number of nitrogens with two attached hydrogens (primary N) is 1. The molecule has 3 unspecified atom stereocenters. The van der Waals surface area contributed by atoms with Gasteiger partial charge in [0.15, 0.2) is 11.9 Å². The average molecular weight is 631 g/mol. The summed E-state index contributed by atoms with van der Waals surface area (Å²) in [7, 11) is -2.43. The molecule has 1 saturated heterocycles. The van der Waals surface area contributed by atoms with E-state index in [0.717, 1.165) is 22.4 Å². The van der Waals surface area contributed by atoms with E-state index >= 15 is 0 Å². The molecule has 0 bridgehead atoms. The minimum absolute atomic E-state index is 0.0104. The number of aromatic nitrogens is 1. The van der Waals surface area contributed by atoms with Gasteiger partial charge in [-0.05, 0) is 40.8 Å². The molecule has 1 aromatic heterocycles. The number of methoxy groups -OCH3 is 1. The molecule has 3 aromatic rings. The molecule has 1 fully saturated rings. The van der Waals surface area contributed by atoms with Crippen LogP contribution in [-0.2, 0) is 60.8 Å². The first-order valence-corrected chi connectivity index (χ1v) is 15.9. The fourth-order valence-electron chi connectivity index (χ4n) is 4.67. The first-order chi connectivity index (χ1) is 20.7. The molecule has 11 nitrogen and oxygen atoms in total. The van der Waals surface area contributed by atoms with Gasteiger partial charge in [-0.2, -0.15) is 0 Å². The van der Waals surface area contributed by atoms with E-state index in [4.69, 9.17) is 22.1 Å². The Balaban J connectivity index is 1.33. The number of benzene rings is 2. The van der Waals surface area contributed by atoms with Crippen LogP contribution >= 0.6 is 11.6 Å². The molecule has 2 aromatic carbocycles. The summed E-state index contributed by atoms with van der Waals surface area (Å²) < 4.78 is 39.6. The summed E-state index contributed by atoms with van der Waals surface area (Å²) >= 11 is 6.08. The van der Waals surface area contributed by atoms with Crippen LogP contribution in [0.2, 0.25) is 5.02 Å². The number of amides is 1. The maximum absolute atomic E-state index is 13.2. The highest BCUT2D eigenvalue weighted by molar-refractivity contribution is 7.88. The molecule has 1 aliphatic rings. The lowest BCUT2D eigenvalue weighted by Crippen LogP contribution is -2.43. The van der Waals surface area contributed by atoms with Crippen molar-refractivity contribution < 1.29 is 32.5 Å². The Labute approximate surface area is 256 Å². The van der Waals surface area contributed by atoms with Crippen LogP contribution in [0.25, 0.3) is 0 Å². The lowest BCUT2D eigenvalue weighted by atomic mass is 10.1. The van der Waals surface area contributed by atoms with Crippen molar-refractivity contribution in [2.75, 3.05) is 13.7 Å². The van der Waals surface area contributed by atoms with Crippen LogP contribution in [0.1, 0.15) is 34.4 Å². The molecule has 0 radical (unpaired) electrons. The number of carbonyl (C=O) groups excluding carboxylic acids is 2. The van der Waals surface area contributed by atoms with Crippen LogP contribution in [0.5, 0.6) is 0 Å². The summed E-state index contributed by atoms with van der Waals surface area (Å²) in [5, 5.41) is 6.46. The summed E-state index contributed by atoms with van der Waals surface area (Å²) in [4.78, 5) is 27.2. The van der Waals surface area contributed by atoms with Gasteiger partial charge in [-0.15, -0.1) is 0 Å². The van der Waals surface area contributed by atoms with E-state index in [1.165, 1.54) is 7.11 Å². The highest BCUT2D eigenvalue weighted by Crippen LogP contribution is 2.26. The zero-order valence-electron chi connectivity index (χ0n) is 23.8. The van der Waals surface area contributed by atoms with Crippen LogP contribution < -0.4 is 26.1 Å². The van der Waals surface area contributed by atoms with Crippen molar-refractivity contribution in [3.63, 3.8) is 0 Å². The van der Waals surface area contributed by atoms with Crippen molar-refractivity contribution in [2.45, 2.75) is 56.5 Å². The topological polar surface area (TPSA) is 166 Å². The number of epoxide rings is 1. The van der Waals surface area contributed by atoms with E-state index in [1.54, 1.807) is 36.4 Å². The van der Waals surface area contributed by atoms with Gasteiger partial charge in [0, 0.05) is 36.7 Å². The number of pyridine rings is 1. The van der Waals surface area contributed by atoms with Gasteiger partial charge in [-0.3, -0.25) is 14.9 Å². The van der Waals surface area contributed by atoms with Crippen molar-refractivity contribution in [2.24, 2.45) is 5.73 Å². The molecule has 230 valence electrons. The van der Waals surface area contributed by atoms with Gasteiger partial charge in [0.05, 0.1) is 31.9 Å². The number of rotatable bonds is 16. The third-order valence-electron chi connectivity index (χ3n) is 7.04. The summed E-state index contributed by atoms with van der Waals surface area (Å²) in [6.45, 7) is 0.600. The maximum atomic E-state index is 13.2. The third-order valence-corrected chi connectivity index (χ3v) is 8.65. The van der Waals surface area contributed by atoms with Crippen LogP contribution in [-0.4, -0.2) is 52.3 Å². The molecule has 3 atom stereocenters. The second-order valence-electron chi connectivity index (χ2n) is 10.3. The first kappa shape index (κ1) is 32.5. The fourth-order valence-corrected chi connectivity index (χ4v) is 6.30. The molecule has 1 amide bonds. The number of nitrogens with one attached hydrogen (secondary N) is 4. The van der Waals surface area contributed by atoms with Crippen molar-refractivity contribution in [3.8, 4) is 0 Å². The van der Waals surface area contributed by atoms with E-state index in [9.17, 15) is 18.0 Å². The van der Waals surface area contributed by atoms with Crippen molar-refractivity contribution >= 4 is 33.5 Å². The monoisotopic (exact) mass is 630 g/mol. The number of hydrogen-bond donors (Lipinski definition) is 4. The molecule has 1 aliphatic heterocycles. The minimum Gasteiger partial charge on any atom is -0.469 e. The number of carbonyl (C=O) groups is 2. The number of esters is 1. The second kappa shape index (κ2) is 15.4. The van der Waals surface area contributed by atoms with Gasteiger partial charge in [0.2, 0.25) is 15.9 Å². The van der Waals surface area contributed by atoms with E-state index in [-0.39, 0.29) is 37.1 Å². The average Bonchev–Trinajstić information content (AvgIpc) is 3.78. The predicted octanol–water partition coefficient (Wildman–Crippen LogP) is 1.38. The maximum Gasteiger partial charge on any atom is 0.309 e. The third kappa shape index (κ3) is 10.4. The van der Waals surface area contributed by atoms with E-state index in [2.05, 4.69) is 25.1 Å². The number of ether oxygens (including phenoxy) is 2. The molecule has 4 rings (SSSR count). The Hall–Kier alpha value is -3.39. The molecular formula is C30H37ClN5O6S+. The number of aromatic amines is 1. The van der Waals surface area contributed by atoms with Gasteiger partial charge >= 0.3 is 5.97 Å². The smallest absolute Gasteiger partial charge is 0.309 e. The van der Waals surface area contributed by atoms with Crippen LogP contribution in [0.15, 0.2) is 66.9 Å². The van der Waals surface area contributed by atoms with Crippen molar-refractivity contribution in [1.82, 2.24) is 15.4 Å². The molecule has 0 saturated carbocycles. The zero-order valence-corrected chi connectivity index (χ0v) is 25.4. The minimum atomic E-state index is -3.75. The summed E-state index contributed by atoms with van der Waals surface area (Å²) in [5.74, 6) is -0.850. The van der Waals surface area contributed by atoms with Gasteiger partial charge < -0.3 is 20.5 Å². The predicted molar refractivity (Wildman–Crippen MR) is 161 cm³/mol. The van der Waals surface area contributed by atoms with Crippen LogP contribution in [0.3, 0.4) is 0 Å². The quantitative estimate of drug-likeness (QED) is 0.136. The Kier molecular flexibility index (Phi) is 11.6. The summed E-state index contributed by atoms with van der Waals surface area (Å²) in [5.41, 5.74) is 9.78. The molecule has 13 heteroatoms. The lowest BCUT2D eigenvalue weighted by molar-refractivity contribution is -0.390. The highest BCUT2D eigenvalue weighted by Gasteiger charge is 2.46. The van der Waals surface area contributed by atoms with E-state index in [1.807, 2.05) is 30.5 Å². The Bertz CT molecular complexity index is 1490.